The predicted octanol–water partition coefficient (Wildman–Crippen LogP) is 3.64. The van der Waals surface area contributed by atoms with Crippen LogP contribution in [0.15, 0.2) is 36.4 Å². The summed E-state index contributed by atoms with van der Waals surface area (Å²) < 4.78 is 13.8. The third-order valence-electron chi connectivity index (χ3n) is 3.18. The molecule has 0 unspecified atom stereocenters. The van der Waals surface area contributed by atoms with E-state index in [1.807, 2.05) is 0 Å². The monoisotopic (exact) mass is 306 g/mol. The fourth-order valence-electron chi connectivity index (χ4n) is 2.04. The fraction of sp³-hybridized carbons (Fsp3) is 0.188. The average molecular weight is 307 g/mol. The van der Waals surface area contributed by atoms with Crippen LogP contribution in [0.3, 0.4) is 0 Å². The van der Waals surface area contributed by atoms with Crippen LogP contribution in [0.5, 0.6) is 0 Å². The molecule has 0 aromatic heterocycles. The van der Waals surface area contributed by atoms with Crippen LogP contribution in [0.4, 0.5) is 10.1 Å². The number of nitrogens with two attached hydrogens (primary N) is 1. The lowest BCUT2D eigenvalue weighted by Crippen LogP contribution is -2.27. The van der Waals surface area contributed by atoms with Crippen LogP contribution in [-0.2, 0) is 6.54 Å². The van der Waals surface area contributed by atoms with E-state index in [-0.39, 0.29) is 12.1 Å². The van der Waals surface area contributed by atoms with Crippen molar-refractivity contribution in [2.45, 2.75) is 13.5 Å². The van der Waals surface area contributed by atoms with E-state index < -0.39 is 11.7 Å². The Morgan fingerprint density at radius 1 is 1.29 bits per heavy atom. The molecular weight excluding hydrogens is 291 g/mol. The molecule has 0 fully saturated rings. The maximum Gasteiger partial charge on any atom is 0.256 e. The molecular formula is C16H16ClFN2O. The molecule has 0 spiro atoms. The molecule has 21 heavy (non-hydrogen) atoms. The van der Waals surface area contributed by atoms with Crippen LogP contribution in [0, 0.1) is 12.7 Å². The Morgan fingerprint density at radius 3 is 2.67 bits per heavy atom. The molecule has 0 aliphatic carbocycles. The van der Waals surface area contributed by atoms with Gasteiger partial charge < -0.3 is 10.6 Å². The summed E-state index contributed by atoms with van der Waals surface area (Å²) in [6.45, 7) is 2.03. The minimum atomic E-state index is -0.523. The van der Waals surface area contributed by atoms with Crippen LogP contribution >= 0.6 is 11.6 Å². The molecule has 5 heteroatoms. The number of aryl methyl sites for hydroxylation is 1. The highest BCUT2D eigenvalue weighted by Crippen LogP contribution is 2.21. The predicted molar refractivity (Wildman–Crippen MR) is 82.8 cm³/mol. The first-order valence-electron chi connectivity index (χ1n) is 6.44. The maximum atomic E-state index is 13.8. The van der Waals surface area contributed by atoms with Gasteiger partial charge in [0, 0.05) is 24.3 Å². The first-order chi connectivity index (χ1) is 9.88. The summed E-state index contributed by atoms with van der Waals surface area (Å²) in [6.07, 6.45) is 0. The number of benzene rings is 2. The molecule has 0 heterocycles. The minimum Gasteiger partial charge on any atom is -0.399 e. The number of carbonyl (C=O) groups is 1. The minimum absolute atomic E-state index is 0.0446. The highest BCUT2D eigenvalue weighted by atomic mass is 35.5. The van der Waals surface area contributed by atoms with Gasteiger partial charge in [-0.05, 0) is 48.4 Å². The summed E-state index contributed by atoms with van der Waals surface area (Å²) in [5.41, 5.74) is 7.81. The highest BCUT2D eigenvalue weighted by Gasteiger charge is 2.17. The zero-order chi connectivity index (χ0) is 15.6. The summed E-state index contributed by atoms with van der Waals surface area (Å²) in [7, 11) is 1.60. The van der Waals surface area contributed by atoms with Gasteiger partial charge in [-0.15, -0.1) is 0 Å². The first kappa shape index (κ1) is 15.3. The van der Waals surface area contributed by atoms with Gasteiger partial charge >= 0.3 is 0 Å². The van der Waals surface area contributed by atoms with Crippen LogP contribution < -0.4 is 5.73 Å². The molecule has 2 N–H and O–H groups in total. The molecule has 2 aromatic carbocycles. The van der Waals surface area contributed by atoms with Gasteiger partial charge in [0.2, 0.25) is 0 Å². The normalized spacial score (nSPS) is 10.5. The molecule has 0 saturated heterocycles. The second-order valence-corrected chi connectivity index (χ2v) is 5.40. The quantitative estimate of drug-likeness (QED) is 0.880. The van der Waals surface area contributed by atoms with E-state index in [2.05, 4.69) is 0 Å². The zero-order valence-corrected chi connectivity index (χ0v) is 12.6. The van der Waals surface area contributed by atoms with Crippen molar-refractivity contribution in [2.75, 3.05) is 12.8 Å². The number of amides is 1. The Kier molecular flexibility index (Phi) is 4.48. The molecule has 2 rings (SSSR count). The van der Waals surface area contributed by atoms with Gasteiger partial charge in [-0.3, -0.25) is 4.79 Å². The molecule has 1 amide bonds. The lowest BCUT2D eigenvalue weighted by atomic mass is 10.1. The van der Waals surface area contributed by atoms with Crippen molar-refractivity contribution in [3.63, 3.8) is 0 Å². The Morgan fingerprint density at radius 2 is 2.00 bits per heavy atom. The number of rotatable bonds is 3. The third kappa shape index (κ3) is 3.52. The molecule has 0 bridgehead atoms. The summed E-state index contributed by atoms with van der Waals surface area (Å²) in [5, 5.41) is 0.522. The standard InChI is InChI=1S/C16H16ClFN2O/c1-10-3-5-13(15(18)7-10)16(21)20(2)9-11-8-12(19)4-6-14(11)17/h3-8H,9,19H2,1-2H3. The molecule has 0 aliphatic rings. The number of nitrogen functional groups attached to an aromatic ring is 1. The smallest absolute Gasteiger partial charge is 0.256 e. The van der Waals surface area contributed by atoms with E-state index in [1.54, 1.807) is 38.2 Å². The van der Waals surface area contributed by atoms with Crippen molar-refractivity contribution in [3.8, 4) is 0 Å². The summed E-state index contributed by atoms with van der Waals surface area (Å²) >= 11 is 6.08. The van der Waals surface area contributed by atoms with Gasteiger partial charge in [0.15, 0.2) is 0 Å². The third-order valence-corrected chi connectivity index (χ3v) is 3.55. The summed E-state index contributed by atoms with van der Waals surface area (Å²) in [5.74, 6) is -0.920. The Hall–Kier alpha value is -2.07. The van der Waals surface area contributed by atoms with Gasteiger partial charge in [0.05, 0.1) is 5.56 Å². The van der Waals surface area contributed by atoms with Crippen LogP contribution in [-0.4, -0.2) is 17.9 Å². The SMILES string of the molecule is Cc1ccc(C(=O)N(C)Cc2cc(N)ccc2Cl)c(F)c1. The van der Waals surface area contributed by atoms with E-state index in [9.17, 15) is 9.18 Å². The fourth-order valence-corrected chi connectivity index (χ4v) is 2.22. The summed E-state index contributed by atoms with van der Waals surface area (Å²) in [6, 6.07) is 9.61. The number of carbonyl (C=O) groups excluding carboxylic acids is 1. The largest absolute Gasteiger partial charge is 0.399 e. The molecule has 3 nitrogen and oxygen atoms in total. The van der Waals surface area contributed by atoms with Crippen molar-refractivity contribution in [1.82, 2.24) is 4.90 Å². The van der Waals surface area contributed by atoms with Gasteiger partial charge in [-0.2, -0.15) is 0 Å². The zero-order valence-electron chi connectivity index (χ0n) is 11.9. The van der Waals surface area contributed by atoms with Gasteiger partial charge in [0.1, 0.15) is 5.82 Å². The lowest BCUT2D eigenvalue weighted by Gasteiger charge is -2.19. The molecule has 0 aliphatic heterocycles. The van der Waals surface area contributed by atoms with E-state index in [0.717, 1.165) is 11.1 Å². The number of hydrogen-bond donors (Lipinski definition) is 1. The van der Waals surface area contributed by atoms with E-state index in [0.29, 0.717) is 10.7 Å². The van der Waals surface area contributed by atoms with Crippen molar-refractivity contribution in [1.29, 1.82) is 0 Å². The number of halogens is 2. The second kappa shape index (κ2) is 6.14. The number of hydrogen-bond acceptors (Lipinski definition) is 2. The summed E-state index contributed by atoms with van der Waals surface area (Å²) in [4.78, 5) is 13.7. The lowest BCUT2D eigenvalue weighted by molar-refractivity contribution is 0.0780. The van der Waals surface area contributed by atoms with Gasteiger partial charge in [0.25, 0.3) is 5.91 Å². The first-order valence-corrected chi connectivity index (χ1v) is 6.82. The number of nitrogens with zero attached hydrogens (tertiary/aromatic N) is 1. The van der Waals surface area contributed by atoms with Crippen molar-refractivity contribution < 1.29 is 9.18 Å². The highest BCUT2D eigenvalue weighted by molar-refractivity contribution is 6.31. The van der Waals surface area contributed by atoms with Crippen molar-refractivity contribution in [2.24, 2.45) is 0 Å². The molecule has 2 aromatic rings. The number of anilines is 1. The maximum absolute atomic E-state index is 13.8. The molecule has 0 radical (unpaired) electrons. The second-order valence-electron chi connectivity index (χ2n) is 5.00. The Bertz CT molecular complexity index is 688. The molecule has 0 atom stereocenters. The van der Waals surface area contributed by atoms with E-state index in [1.165, 1.54) is 17.0 Å². The molecule has 0 saturated carbocycles. The Labute approximate surface area is 128 Å². The van der Waals surface area contributed by atoms with E-state index in [4.69, 9.17) is 17.3 Å². The van der Waals surface area contributed by atoms with Gasteiger partial charge in [-0.1, -0.05) is 17.7 Å². The topological polar surface area (TPSA) is 46.3 Å². The van der Waals surface area contributed by atoms with Gasteiger partial charge in [-0.25, -0.2) is 4.39 Å². The van der Waals surface area contributed by atoms with Crippen molar-refractivity contribution in [3.05, 3.63) is 63.9 Å². The van der Waals surface area contributed by atoms with Crippen LogP contribution in [0.25, 0.3) is 0 Å². The molecule has 110 valence electrons. The average Bonchev–Trinajstić information content (AvgIpc) is 2.42. The Balaban J connectivity index is 2.21. The van der Waals surface area contributed by atoms with Crippen LogP contribution in [0.1, 0.15) is 21.5 Å². The van der Waals surface area contributed by atoms with E-state index >= 15 is 0 Å². The van der Waals surface area contributed by atoms with Crippen molar-refractivity contribution >= 4 is 23.2 Å². The van der Waals surface area contributed by atoms with Crippen LogP contribution in [0.2, 0.25) is 5.02 Å².